The van der Waals surface area contributed by atoms with E-state index in [-0.39, 0.29) is 28.8 Å². The van der Waals surface area contributed by atoms with Crippen LogP contribution in [0.25, 0.3) is 0 Å². The maximum absolute atomic E-state index is 14.0. The van der Waals surface area contributed by atoms with Crippen LogP contribution >= 0.6 is 0 Å². The van der Waals surface area contributed by atoms with E-state index in [0.717, 1.165) is 43.4 Å². The van der Waals surface area contributed by atoms with Crippen LogP contribution in [0.3, 0.4) is 0 Å². The molecular formula is C38H40FN3O6S. The number of methoxy groups -OCH3 is 1. The zero-order chi connectivity index (χ0) is 34.6. The normalized spacial score (nSPS) is 13.5. The van der Waals surface area contributed by atoms with Crippen molar-refractivity contribution in [2.45, 2.75) is 49.6 Å². The van der Waals surface area contributed by atoms with Gasteiger partial charge in [-0.3, -0.25) is 14.3 Å². The summed E-state index contributed by atoms with van der Waals surface area (Å²) >= 11 is 0. The molecule has 1 aliphatic carbocycles. The Morgan fingerprint density at radius 1 is 0.878 bits per heavy atom. The van der Waals surface area contributed by atoms with Crippen molar-refractivity contribution < 1.29 is 31.9 Å². The number of amides is 2. The Kier molecular flexibility index (Phi) is 12.0. The van der Waals surface area contributed by atoms with Gasteiger partial charge in [0.25, 0.3) is 15.9 Å². The van der Waals surface area contributed by atoms with Crippen LogP contribution in [0.5, 0.6) is 11.5 Å². The van der Waals surface area contributed by atoms with Crippen LogP contribution in [0.1, 0.15) is 49.3 Å². The van der Waals surface area contributed by atoms with Crippen LogP contribution in [-0.2, 0) is 26.2 Å². The van der Waals surface area contributed by atoms with E-state index in [9.17, 15) is 22.4 Å². The lowest BCUT2D eigenvalue weighted by atomic mass is 9.97. The van der Waals surface area contributed by atoms with Crippen molar-refractivity contribution in [3.05, 3.63) is 132 Å². The second-order valence-electron chi connectivity index (χ2n) is 11.7. The van der Waals surface area contributed by atoms with Gasteiger partial charge in [-0.2, -0.15) is 0 Å². The van der Waals surface area contributed by atoms with Crippen LogP contribution in [0, 0.1) is 5.82 Å². The number of hydrogen-bond acceptors (Lipinski definition) is 6. The number of carbonyl (C=O) groups is 2. The molecule has 256 valence electrons. The maximum atomic E-state index is 14.0. The van der Waals surface area contributed by atoms with Gasteiger partial charge in [-0.15, -0.1) is 0 Å². The van der Waals surface area contributed by atoms with Crippen molar-refractivity contribution >= 4 is 27.5 Å². The topological polar surface area (TPSA) is 114 Å². The Labute approximate surface area is 286 Å². The quantitative estimate of drug-likeness (QED) is 0.133. The van der Waals surface area contributed by atoms with Gasteiger partial charge in [0.2, 0.25) is 5.91 Å². The summed E-state index contributed by atoms with van der Waals surface area (Å²) in [4.78, 5) is 29.4. The molecule has 0 saturated heterocycles. The molecule has 1 aliphatic rings. The summed E-state index contributed by atoms with van der Waals surface area (Å²) in [5, 5.41) is 3.07. The molecule has 0 aromatic heterocycles. The lowest BCUT2D eigenvalue weighted by Crippen LogP contribution is -2.45. The van der Waals surface area contributed by atoms with E-state index in [1.807, 2.05) is 42.5 Å². The third kappa shape index (κ3) is 9.93. The minimum atomic E-state index is -3.95. The lowest BCUT2D eigenvalue weighted by molar-refractivity contribution is -0.143. The highest BCUT2D eigenvalue weighted by Crippen LogP contribution is 2.26. The maximum Gasteiger partial charge on any atom is 0.261 e. The van der Waals surface area contributed by atoms with Crippen molar-refractivity contribution in [3.8, 4) is 11.5 Å². The number of hydrogen-bond donors (Lipinski definition) is 2. The van der Waals surface area contributed by atoms with Gasteiger partial charge in [-0.25, -0.2) is 12.8 Å². The molecule has 4 aromatic carbocycles. The smallest absolute Gasteiger partial charge is 0.261 e. The third-order valence-corrected chi connectivity index (χ3v) is 9.63. The van der Waals surface area contributed by atoms with E-state index in [4.69, 9.17) is 9.47 Å². The number of nitrogens with zero attached hydrogens (tertiary/aromatic N) is 1. The van der Waals surface area contributed by atoms with E-state index in [0.29, 0.717) is 17.9 Å². The van der Waals surface area contributed by atoms with E-state index in [1.165, 1.54) is 53.3 Å². The molecule has 2 amide bonds. The third-order valence-electron chi connectivity index (χ3n) is 8.23. The van der Waals surface area contributed by atoms with Gasteiger partial charge in [0, 0.05) is 18.8 Å². The summed E-state index contributed by atoms with van der Waals surface area (Å²) in [6.07, 6.45) is 7.45. The highest BCUT2D eigenvalue weighted by Gasteiger charge is 2.32. The van der Waals surface area contributed by atoms with Gasteiger partial charge in [-0.1, -0.05) is 54.1 Å². The van der Waals surface area contributed by atoms with Gasteiger partial charge < -0.3 is 19.7 Å². The fourth-order valence-electron chi connectivity index (χ4n) is 5.61. The molecular weight excluding hydrogens is 645 g/mol. The van der Waals surface area contributed by atoms with Crippen LogP contribution in [-0.4, -0.2) is 45.4 Å². The van der Waals surface area contributed by atoms with Gasteiger partial charge >= 0.3 is 0 Å². The Balaban J connectivity index is 1.33. The Bertz CT molecular complexity index is 1830. The zero-order valence-corrected chi connectivity index (χ0v) is 28.1. The van der Waals surface area contributed by atoms with E-state index < -0.39 is 34.4 Å². The minimum Gasteiger partial charge on any atom is -0.497 e. The number of halogens is 1. The molecule has 0 heterocycles. The molecule has 1 atom stereocenters. The Morgan fingerprint density at radius 2 is 1.57 bits per heavy atom. The SMILES string of the molecule is COc1ccc(CN(C(=O)COc2ccc(S(=O)(=O)Nc3ccc(F)cc3)cc2)C(C(=O)NCCC2=CCCCC2)c2ccccc2)cc1. The van der Waals surface area contributed by atoms with Crippen molar-refractivity contribution in [1.29, 1.82) is 0 Å². The molecule has 2 N–H and O–H groups in total. The van der Waals surface area contributed by atoms with E-state index in [1.54, 1.807) is 19.2 Å². The lowest BCUT2D eigenvalue weighted by Gasteiger charge is -2.31. The number of anilines is 1. The van der Waals surface area contributed by atoms with Gasteiger partial charge in [-0.05, 0) is 104 Å². The summed E-state index contributed by atoms with van der Waals surface area (Å²) in [5.74, 6) is -0.292. The second kappa shape index (κ2) is 16.8. The predicted molar refractivity (Wildman–Crippen MR) is 186 cm³/mol. The highest BCUT2D eigenvalue weighted by molar-refractivity contribution is 7.92. The van der Waals surface area contributed by atoms with Gasteiger partial charge in [0.15, 0.2) is 6.61 Å². The fraction of sp³-hybridized carbons (Fsp3) is 0.263. The summed E-state index contributed by atoms with van der Waals surface area (Å²) in [7, 11) is -2.38. The largest absolute Gasteiger partial charge is 0.497 e. The number of nitrogens with one attached hydrogen (secondary N) is 2. The van der Waals surface area contributed by atoms with Crippen LogP contribution in [0.4, 0.5) is 10.1 Å². The highest BCUT2D eigenvalue weighted by atomic mass is 32.2. The summed E-state index contributed by atoms with van der Waals surface area (Å²) < 4.78 is 52.5. The molecule has 0 bridgehead atoms. The molecule has 11 heteroatoms. The van der Waals surface area contributed by atoms with Crippen LogP contribution < -0.4 is 19.5 Å². The summed E-state index contributed by atoms with van der Waals surface area (Å²) in [6.45, 7) is 0.177. The average Bonchev–Trinajstić information content (AvgIpc) is 3.12. The first-order valence-electron chi connectivity index (χ1n) is 16.2. The first-order chi connectivity index (χ1) is 23.7. The number of ether oxygens (including phenoxy) is 2. The first kappa shape index (κ1) is 35.2. The molecule has 0 radical (unpaired) electrons. The van der Waals surface area contributed by atoms with Crippen molar-refractivity contribution in [1.82, 2.24) is 10.2 Å². The molecule has 0 aliphatic heterocycles. The molecule has 0 spiro atoms. The van der Waals surface area contributed by atoms with Gasteiger partial charge in [0.05, 0.1) is 12.0 Å². The molecule has 5 rings (SSSR count). The molecule has 9 nitrogen and oxygen atoms in total. The van der Waals surface area contributed by atoms with Crippen LogP contribution in [0.15, 0.2) is 120 Å². The number of carbonyl (C=O) groups excluding carboxylic acids is 2. The van der Waals surface area contributed by atoms with Crippen LogP contribution in [0.2, 0.25) is 0 Å². The number of allylic oxidation sites excluding steroid dienone is 1. The Hall–Kier alpha value is -5.16. The molecule has 49 heavy (non-hydrogen) atoms. The van der Waals surface area contributed by atoms with E-state index in [2.05, 4.69) is 16.1 Å². The summed E-state index contributed by atoms with van der Waals surface area (Å²) in [6, 6.07) is 26.0. The second-order valence-corrected chi connectivity index (χ2v) is 13.4. The first-order valence-corrected chi connectivity index (χ1v) is 17.6. The zero-order valence-electron chi connectivity index (χ0n) is 27.3. The number of sulfonamides is 1. The van der Waals surface area contributed by atoms with Crippen molar-refractivity contribution in [3.63, 3.8) is 0 Å². The fourth-order valence-corrected chi connectivity index (χ4v) is 6.67. The molecule has 0 fully saturated rings. The van der Waals surface area contributed by atoms with E-state index >= 15 is 0 Å². The summed E-state index contributed by atoms with van der Waals surface area (Å²) in [5.41, 5.74) is 3.00. The monoisotopic (exact) mass is 685 g/mol. The van der Waals surface area contributed by atoms with Crippen molar-refractivity contribution in [2.24, 2.45) is 0 Å². The molecule has 0 saturated carbocycles. The number of rotatable bonds is 15. The number of benzene rings is 4. The minimum absolute atomic E-state index is 0.0403. The van der Waals surface area contributed by atoms with Crippen molar-refractivity contribution in [2.75, 3.05) is 25.0 Å². The predicted octanol–water partition coefficient (Wildman–Crippen LogP) is 6.79. The average molecular weight is 686 g/mol. The van der Waals surface area contributed by atoms with Gasteiger partial charge in [0.1, 0.15) is 23.4 Å². The molecule has 1 unspecified atom stereocenters. The Morgan fingerprint density at radius 3 is 2.22 bits per heavy atom. The molecule has 4 aromatic rings. The standard InChI is InChI=1S/C38H40FN3O6S/c1-47-33-18-12-29(13-19-33)26-42(37(30-10-6-3-7-11-30)38(44)40-25-24-28-8-4-2-5-9-28)36(43)27-48-34-20-22-35(23-21-34)49(45,46)41-32-16-14-31(39)15-17-32/h3,6-8,10-23,37,41H,2,4-5,9,24-27H2,1H3,(H,40,44).